The number of hydrogen-bond donors (Lipinski definition) is 1. The van der Waals surface area contributed by atoms with E-state index in [1.165, 1.54) is 33.4 Å². The van der Waals surface area contributed by atoms with Crippen LogP contribution in [0, 0.1) is 0 Å². The molecule has 114 valence electrons. The second-order valence-electron chi connectivity index (χ2n) is 6.09. The molecular weight excluding hydrogens is 302 g/mol. The Morgan fingerprint density at radius 3 is 2.39 bits per heavy atom. The summed E-state index contributed by atoms with van der Waals surface area (Å²) in [5.74, 6) is 0. The van der Waals surface area contributed by atoms with Gasteiger partial charge >= 0.3 is 0 Å². The lowest BCUT2D eigenvalue weighted by molar-refractivity contribution is 0.961. The van der Waals surface area contributed by atoms with Gasteiger partial charge in [-0.1, -0.05) is 66.2 Å². The Balaban J connectivity index is 1.63. The van der Waals surface area contributed by atoms with Crippen molar-refractivity contribution in [2.24, 2.45) is 0 Å². The number of hydrogen-bond acceptors (Lipinski definition) is 1. The van der Waals surface area contributed by atoms with Crippen molar-refractivity contribution in [3.05, 3.63) is 87.9 Å². The van der Waals surface area contributed by atoms with Crippen LogP contribution in [0.3, 0.4) is 0 Å². The van der Waals surface area contributed by atoms with Gasteiger partial charge in [0, 0.05) is 17.1 Å². The van der Waals surface area contributed by atoms with Crippen molar-refractivity contribution in [3.8, 4) is 11.1 Å². The second kappa shape index (κ2) is 5.75. The van der Waals surface area contributed by atoms with E-state index in [0.717, 1.165) is 30.0 Å². The molecule has 0 bridgehead atoms. The van der Waals surface area contributed by atoms with E-state index < -0.39 is 0 Å². The zero-order valence-corrected chi connectivity index (χ0v) is 13.6. The van der Waals surface area contributed by atoms with Crippen molar-refractivity contribution >= 4 is 17.3 Å². The molecule has 0 aliphatic heterocycles. The van der Waals surface area contributed by atoms with Gasteiger partial charge in [0.15, 0.2) is 0 Å². The lowest BCUT2D eigenvalue weighted by Crippen LogP contribution is -2.01. The molecule has 0 aromatic heterocycles. The predicted molar refractivity (Wildman–Crippen MR) is 98.0 cm³/mol. The Bertz CT molecular complexity index is 883. The average Bonchev–Trinajstić information content (AvgIpc) is 2.95. The van der Waals surface area contributed by atoms with Crippen LogP contribution in [0.15, 0.2) is 60.7 Å². The van der Waals surface area contributed by atoms with E-state index >= 15 is 0 Å². The summed E-state index contributed by atoms with van der Waals surface area (Å²) in [5.41, 5.74) is 15.1. The molecule has 2 N–H and O–H groups in total. The lowest BCUT2D eigenvalue weighted by atomic mass is 9.97. The minimum absolute atomic E-state index is 0.833. The van der Waals surface area contributed by atoms with Crippen LogP contribution in [0.5, 0.6) is 0 Å². The lowest BCUT2D eigenvalue weighted by Gasteiger charge is -2.11. The Labute approximate surface area is 141 Å². The van der Waals surface area contributed by atoms with Crippen LogP contribution in [0.25, 0.3) is 11.1 Å². The third-order valence-electron chi connectivity index (χ3n) is 4.74. The van der Waals surface area contributed by atoms with E-state index in [4.69, 9.17) is 17.3 Å². The van der Waals surface area contributed by atoms with Gasteiger partial charge in [0.25, 0.3) is 0 Å². The van der Waals surface area contributed by atoms with Crippen molar-refractivity contribution in [3.63, 3.8) is 0 Å². The summed E-state index contributed by atoms with van der Waals surface area (Å²) < 4.78 is 0. The maximum absolute atomic E-state index is 6.48. The van der Waals surface area contributed by atoms with Crippen LogP contribution in [0.1, 0.15) is 22.3 Å². The number of halogens is 1. The van der Waals surface area contributed by atoms with Crippen LogP contribution in [0.4, 0.5) is 5.69 Å². The zero-order chi connectivity index (χ0) is 15.8. The van der Waals surface area contributed by atoms with E-state index in [1.807, 2.05) is 18.2 Å². The van der Waals surface area contributed by atoms with Gasteiger partial charge in [0.2, 0.25) is 0 Å². The summed E-state index contributed by atoms with van der Waals surface area (Å²) in [6.07, 6.45) is 2.77. The van der Waals surface area contributed by atoms with Gasteiger partial charge in [-0.3, -0.25) is 0 Å². The maximum Gasteiger partial charge on any atom is 0.0438 e. The molecule has 23 heavy (non-hydrogen) atoms. The molecule has 0 saturated heterocycles. The first-order valence-corrected chi connectivity index (χ1v) is 8.34. The van der Waals surface area contributed by atoms with Crippen LogP contribution >= 0.6 is 11.6 Å². The summed E-state index contributed by atoms with van der Waals surface area (Å²) >= 11 is 6.25. The Kier molecular flexibility index (Phi) is 3.59. The highest BCUT2D eigenvalue weighted by molar-refractivity contribution is 6.31. The molecule has 0 spiro atoms. The molecule has 0 amide bonds. The van der Waals surface area contributed by atoms with Gasteiger partial charge in [0.1, 0.15) is 0 Å². The number of aryl methyl sites for hydroxylation is 2. The average molecular weight is 320 g/mol. The Morgan fingerprint density at radius 1 is 0.783 bits per heavy atom. The number of rotatable bonds is 3. The molecule has 1 aliphatic carbocycles. The summed E-state index contributed by atoms with van der Waals surface area (Å²) in [7, 11) is 0. The zero-order valence-electron chi connectivity index (χ0n) is 12.9. The summed E-state index contributed by atoms with van der Waals surface area (Å²) in [6, 6.07) is 21.0. The van der Waals surface area contributed by atoms with Crippen molar-refractivity contribution in [1.29, 1.82) is 0 Å². The van der Waals surface area contributed by atoms with Gasteiger partial charge in [-0.05, 0) is 52.3 Å². The largest absolute Gasteiger partial charge is 0.398 e. The molecule has 0 unspecified atom stereocenters. The molecule has 4 rings (SSSR count). The highest BCUT2D eigenvalue weighted by Gasteiger charge is 2.21. The molecule has 3 aromatic carbocycles. The summed E-state index contributed by atoms with van der Waals surface area (Å²) in [6.45, 7) is 0. The molecule has 0 fully saturated rings. The van der Waals surface area contributed by atoms with Gasteiger partial charge in [-0.2, -0.15) is 0 Å². The third-order valence-corrected chi connectivity index (χ3v) is 5.11. The van der Waals surface area contributed by atoms with E-state index in [1.54, 1.807) is 0 Å². The molecule has 0 saturated carbocycles. The fraction of sp³-hybridized carbons (Fsp3) is 0.143. The fourth-order valence-electron chi connectivity index (χ4n) is 3.47. The van der Waals surface area contributed by atoms with Crippen LogP contribution in [-0.4, -0.2) is 0 Å². The van der Waals surface area contributed by atoms with Crippen molar-refractivity contribution < 1.29 is 0 Å². The number of nitrogen functional groups attached to an aromatic ring is 1. The van der Waals surface area contributed by atoms with Crippen LogP contribution in [0.2, 0.25) is 5.02 Å². The monoisotopic (exact) mass is 319 g/mol. The first kappa shape index (κ1) is 14.3. The molecule has 0 heterocycles. The van der Waals surface area contributed by atoms with Crippen LogP contribution in [-0.2, 0) is 19.3 Å². The molecule has 0 radical (unpaired) electrons. The number of benzene rings is 3. The van der Waals surface area contributed by atoms with Crippen molar-refractivity contribution in [2.45, 2.75) is 19.3 Å². The molecule has 0 atom stereocenters. The molecule has 2 heteroatoms. The fourth-order valence-corrected chi connectivity index (χ4v) is 3.70. The Hall–Kier alpha value is -2.25. The number of fused-ring (bicyclic) bond motifs is 3. The van der Waals surface area contributed by atoms with Gasteiger partial charge in [-0.15, -0.1) is 0 Å². The first-order chi connectivity index (χ1) is 11.2. The van der Waals surface area contributed by atoms with Gasteiger partial charge in [-0.25, -0.2) is 0 Å². The normalized spacial score (nSPS) is 12.0. The smallest absolute Gasteiger partial charge is 0.0438 e. The van der Waals surface area contributed by atoms with Crippen molar-refractivity contribution in [1.82, 2.24) is 0 Å². The predicted octanol–water partition coefficient (Wildman–Crippen LogP) is 5.28. The second-order valence-corrected chi connectivity index (χ2v) is 6.50. The number of anilines is 1. The minimum Gasteiger partial charge on any atom is -0.398 e. The van der Waals surface area contributed by atoms with Gasteiger partial charge < -0.3 is 5.73 Å². The SMILES string of the molecule is Nc1c(CCc2ccccc2Cl)ccc2c1Cc1ccccc1-2. The van der Waals surface area contributed by atoms with E-state index in [2.05, 4.69) is 42.5 Å². The van der Waals surface area contributed by atoms with Crippen LogP contribution < -0.4 is 5.73 Å². The van der Waals surface area contributed by atoms with E-state index in [-0.39, 0.29) is 0 Å². The summed E-state index contributed by atoms with van der Waals surface area (Å²) in [5, 5.41) is 0.833. The van der Waals surface area contributed by atoms with Gasteiger partial charge in [0.05, 0.1) is 0 Å². The molecular formula is C21H18ClN. The highest BCUT2D eigenvalue weighted by atomic mass is 35.5. The molecule has 3 aromatic rings. The topological polar surface area (TPSA) is 26.0 Å². The van der Waals surface area contributed by atoms with E-state index in [0.29, 0.717) is 0 Å². The third kappa shape index (κ3) is 2.51. The van der Waals surface area contributed by atoms with Crippen molar-refractivity contribution in [2.75, 3.05) is 5.73 Å². The standard InChI is InChI=1S/C21H18ClN/c22-20-8-4-2-5-14(20)9-10-15-11-12-18-17-7-3-1-6-16(17)13-19(18)21(15)23/h1-8,11-12H,9-10,13,23H2. The quantitative estimate of drug-likeness (QED) is 0.511. The highest BCUT2D eigenvalue weighted by Crippen LogP contribution is 2.40. The first-order valence-electron chi connectivity index (χ1n) is 7.96. The molecule has 1 nitrogen and oxygen atoms in total. The maximum atomic E-state index is 6.48. The van der Waals surface area contributed by atoms with E-state index in [9.17, 15) is 0 Å². The number of nitrogens with two attached hydrogens (primary N) is 1. The Morgan fingerprint density at radius 2 is 1.52 bits per heavy atom. The minimum atomic E-state index is 0.833. The summed E-state index contributed by atoms with van der Waals surface area (Å²) in [4.78, 5) is 0. The molecule has 1 aliphatic rings.